The summed E-state index contributed by atoms with van der Waals surface area (Å²) in [7, 11) is 0. The topological polar surface area (TPSA) is 252 Å². The van der Waals surface area contributed by atoms with E-state index in [1.807, 2.05) is 120 Å². The number of rotatable bonds is 29. The van der Waals surface area contributed by atoms with E-state index < -0.39 is 47.5 Å². The number of aliphatic carboxylic acids is 2. The van der Waals surface area contributed by atoms with E-state index in [0.717, 1.165) is 123 Å². The molecule has 0 amide bonds. The summed E-state index contributed by atoms with van der Waals surface area (Å²) in [5.74, 6) is -1.73. The van der Waals surface area contributed by atoms with E-state index in [9.17, 15) is 48.6 Å². The Hall–Kier alpha value is -9.92. The van der Waals surface area contributed by atoms with Crippen molar-refractivity contribution in [2.24, 2.45) is 0 Å². The largest absolute Gasteiger partial charge is 0.494 e. The first-order valence-corrected chi connectivity index (χ1v) is 29.7. The standard InChI is InChI=1S/C68H70N8O12/c1-5-71(6-2)35-36-72(31-11-7-15-37-87-49-25-19-45(20-26-49)61-43(3)59(55-17-9-13-33-73(55)61)63(81)47-23-29-51-53(39-47)69-67(85)75(65(51)83)41-57(77)78)32-12-8-16-38-88-50-27-21-46(22-28-50)62-44(4)60(56-18-10-14-34-74(56)62)64(82)48-24-30-52-54(40-48)70-68(86)76(66(52)84)42-58(79)80/h9-10,13-14,17-30,33-34,39-40H,5-8,11-12,15-16,31-32,35-38,41-42H2,1-4H3,(H,69,85)(H,70,86)(H,77,78)(H,79,80). The molecule has 0 fully saturated rings. The Morgan fingerprint density at radius 2 is 0.898 bits per heavy atom. The summed E-state index contributed by atoms with van der Waals surface area (Å²) in [5, 5.41) is 18.6. The number of hydrogen-bond donors (Lipinski definition) is 4. The third-order valence-electron chi connectivity index (χ3n) is 16.4. The number of benzene rings is 4. The molecule has 0 unspecified atom stereocenters. The quantitative estimate of drug-likeness (QED) is 0.0252. The van der Waals surface area contributed by atoms with E-state index >= 15 is 0 Å². The Balaban J connectivity index is 0.696. The van der Waals surface area contributed by atoms with Gasteiger partial charge in [-0.25, -0.2) is 18.7 Å². The first kappa shape index (κ1) is 61.2. The second-order valence-corrected chi connectivity index (χ2v) is 22.0. The van der Waals surface area contributed by atoms with E-state index in [2.05, 4.69) is 33.6 Å². The van der Waals surface area contributed by atoms with Gasteiger partial charge in [0.05, 0.1) is 68.6 Å². The molecule has 0 aliphatic rings. The van der Waals surface area contributed by atoms with Crippen molar-refractivity contribution in [3.05, 3.63) is 209 Å². The molecule has 454 valence electrons. The molecule has 10 rings (SSSR count). The highest BCUT2D eigenvalue weighted by Gasteiger charge is 2.26. The summed E-state index contributed by atoms with van der Waals surface area (Å²) < 4.78 is 17.6. The van der Waals surface area contributed by atoms with Gasteiger partial charge in [-0.3, -0.25) is 28.8 Å². The molecule has 0 saturated carbocycles. The number of fused-ring (bicyclic) bond motifs is 4. The van der Waals surface area contributed by atoms with Crippen molar-refractivity contribution in [3.8, 4) is 34.0 Å². The summed E-state index contributed by atoms with van der Waals surface area (Å²) in [4.78, 5) is 112. The van der Waals surface area contributed by atoms with Gasteiger partial charge in [0.25, 0.3) is 11.1 Å². The van der Waals surface area contributed by atoms with Crippen LogP contribution in [0, 0.1) is 13.8 Å². The fourth-order valence-corrected chi connectivity index (χ4v) is 11.8. The summed E-state index contributed by atoms with van der Waals surface area (Å²) in [6.45, 7) is 13.9. The number of ketones is 2. The lowest BCUT2D eigenvalue weighted by atomic mass is 9.98. The van der Waals surface area contributed by atoms with E-state index in [-0.39, 0.29) is 44.5 Å². The highest BCUT2D eigenvalue weighted by atomic mass is 16.5. The number of hydrogen-bond acceptors (Lipinski definition) is 12. The zero-order chi connectivity index (χ0) is 62.2. The molecule has 20 nitrogen and oxygen atoms in total. The minimum Gasteiger partial charge on any atom is -0.494 e. The highest BCUT2D eigenvalue weighted by Crippen LogP contribution is 2.36. The van der Waals surface area contributed by atoms with Crippen LogP contribution in [0.15, 0.2) is 153 Å². The molecule has 4 N–H and O–H groups in total. The third kappa shape index (κ3) is 13.1. The number of nitrogens with zero attached hydrogens (tertiary/aromatic N) is 6. The average molecular weight is 1190 g/mol. The third-order valence-corrected chi connectivity index (χ3v) is 16.4. The molecule has 10 aromatic rings. The molecule has 4 aromatic carbocycles. The van der Waals surface area contributed by atoms with Crippen molar-refractivity contribution in [1.82, 2.24) is 37.7 Å². The summed E-state index contributed by atoms with van der Waals surface area (Å²) in [6.07, 6.45) is 9.78. The number of aromatic amines is 2. The lowest BCUT2D eigenvalue weighted by molar-refractivity contribution is -0.138. The van der Waals surface area contributed by atoms with Crippen LogP contribution in [-0.4, -0.2) is 124 Å². The molecule has 0 atom stereocenters. The van der Waals surface area contributed by atoms with Crippen LogP contribution in [0.5, 0.6) is 11.5 Å². The van der Waals surface area contributed by atoms with Gasteiger partial charge in [0.2, 0.25) is 0 Å². The molecule has 88 heavy (non-hydrogen) atoms. The Morgan fingerprint density at radius 1 is 0.489 bits per heavy atom. The van der Waals surface area contributed by atoms with Crippen LogP contribution < -0.4 is 32.0 Å². The second-order valence-electron chi connectivity index (χ2n) is 22.0. The molecular formula is C68H70N8O12. The molecule has 6 aromatic heterocycles. The number of carbonyl (C=O) groups excluding carboxylic acids is 2. The number of carboxylic acid groups (broad SMARTS) is 2. The lowest BCUT2D eigenvalue weighted by Gasteiger charge is -2.26. The Bertz CT molecular complexity index is 4230. The van der Waals surface area contributed by atoms with E-state index in [4.69, 9.17) is 9.47 Å². The molecule has 20 heteroatoms. The summed E-state index contributed by atoms with van der Waals surface area (Å²) in [6, 6.07) is 35.8. The highest BCUT2D eigenvalue weighted by molar-refractivity contribution is 6.17. The van der Waals surface area contributed by atoms with Gasteiger partial charge < -0.3 is 48.3 Å². The van der Waals surface area contributed by atoms with Gasteiger partial charge in [-0.1, -0.05) is 38.1 Å². The van der Waals surface area contributed by atoms with Crippen LogP contribution >= 0.6 is 0 Å². The number of H-pyrrole nitrogens is 2. The van der Waals surface area contributed by atoms with Crippen LogP contribution in [0.3, 0.4) is 0 Å². The van der Waals surface area contributed by atoms with Crippen LogP contribution in [-0.2, 0) is 22.7 Å². The summed E-state index contributed by atoms with van der Waals surface area (Å²) >= 11 is 0. The first-order chi connectivity index (χ1) is 42.5. The number of pyridine rings is 2. The van der Waals surface area contributed by atoms with Gasteiger partial charge in [-0.2, -0.15) is 0 Å². The van der Waals surface area contributed by atoms with Crippen LogP contribution in [0.25, 0.3) is 55.4 Å². The van der Waals surface area contributed by atoms with Gasteiger partial charge in [-0.05, 0) is 198 Å². The number of carboxylic acids is 2. The van der Waals surface area contributed by atoms with Gasteiger partial charge in [0.15, 0.2) is 11.6 Å². The number of ether oxygens (including phenoxy) is 2. The van der Waals surface area contributed by atoms with Crippen molar-refractivity contribution >= 4 is 56.3 Å². The van der Waals surface area contributed by atoms with Crippen LogP contribution in [0.4, 0.5) is 0 Å². The van der Waals surface area contributed by atoms with Crippen molar-refractivity contribution in [3.63, 3.8) is 0 Å². The van der Waals surface area contributed by atoms with E-state index in [1.54, 1.807) is 0 Å². The number of aromatic nitrogens is 6. The molecule has 0 spiro atoms. The minimum absolute atomic E-state index is 0.0957. The number of unbranched alkanes of at least 4 members (excludes halogenated alkanes) is 4. The van der Waals surface area contributed by atoms with E-state index in [1.165, 1.54) is 36.4 Å². The molecule has 0 bridgehead atoms. The summed E-state index contributed by atoms with van der Waals surface area (Å²) in [5.41, 5.74) is 4.89. The molecule has 6 heterocycles. The number of likely N-dealkylation sites (N-methyl/N-ethyl adjacent to an activating group) is 1. The van der Waals surface area contributed by atoms with Crippen molar-refractivity contribution < 1.29 is 38.9 Å². The Labute approximate surface area is 505 Å². The van der Waals surface area contributed by atoms with Gasteiger partial charge >= 0.3 is 23.3 Å². The molecule has 0 radical (unpaired) electrons. The van der Waals surface area contributed by atoms with Gasteiger partial charge in [0.1, 0.15) is 24.6 Å². The fourth-order valence-electron chi connectivity index (χ4n) is 11.8. The number of carbonyl (C=O) groups is 4. The maximum atomic E-state index is 14.3. The first-order valence-electron chi connectivity index (χ1n) is 29.7. The monoisotopic (exact) mass is 1190 g/mol. The zero-order valence-corrected chi connectivity index (χ0v) is 49.7. The Kier molecular flexibility index (Phi) is 18.9. The molecule has 0 aliphatic carbocycles. The number of nitrogens with one attached hydrogen (secondary N) is 2. The average Bonchev–Trinajstić information content (AvgIpc) is 1.88. The Morgan fingerprint density at radius 3 is 1.30 bits per heavy atom. The van der Waals surface area contributed by atoms with Gasteiger partial charge in [0, 0.05) is 36.6 Å². The van der Waals surface area contributed by atoms with Crippen molar-refractivity contribution in [1.29, 1.82) is 0 Å². The minimum atomic E-state index is -1.32. The molecule has 0 saturated heterocycles. The molecule has 0 aliphatic heterocycles. The smallest absolute Gasteiger partial charge is 0.329 e. The maximum absolute atomic E-state index is 14.3. The molecular weight excluding hydrogens is 1120 g/mol. The second kappa shape index (κ2) is 27.2. The predicted molar refractivity (Wildman–Crippen MR) is 338 cm³/mol. The fraction of sp³-hybridized carbons (Fsp3) is 0.294. The van der Waals surface area contributed by atoms with Gasteiger partial charge in [-0.15, -0.1) is 0 Å². The van der Waals surface area contributed by atoms with Crippen molar-refractivity contribution in [2.45, 2.75) is 79.3 Å². The maximum Gasteiger partial charge on any atom is 0.329 e. The van der Waals surface area contributed by atoms with Crippen LogP contribution in [0.1, 0.15) is 95.3 Å². The normalized spacial score (nSPS) is 11.7. The van der Waals surface area contributed by atoms with Crippen molar-refractivity contribution in [2.75, 3.05) is 52.5 Å². The zero-order valence-electron chi connectivity index (χ0n) is 49.7. The van der Waals surface area contributed by atoms with E-state index in [0.29, 0.717) is 44.5 Å². The predicted octanol–water partition coefficient (Wildman–Crippen LogP) is 9.22. The van der Waals surface area contributed by atoms with Crippen LogP contribution in [0.2, 0.25) is 0 Å². The SMILES string of the molecule is CCN(CC)CCN(CCCCCOc1ccc(-c2c(C)c(C(=O)c3ccc4c(=O)n(CC(=O)O)c(=O)[nH]c4c3)c3ccccn23)cc1)CCCCCOc1ccc(-c2c(C)c(C(=O)c3ccc4c(=O)n(CC(=O)O)c(=O)[nH]c4c3)c3ccccn23)cc1. The lowest BCUT2D eigenvalue weighted by Crippen LogP contribution is -2.37.